The minimum absolute atomic E-state index is 0.0894. The van der Waals surface area contributed by atoms with Crippen molar-refractivity contribution in [1.29, 1.82) is 0 Å². The van der Waals surface area contributed by atoms with Gasteiger partial charge in [0.05, 0.1) is 0 Å². The molecule has 0 aliphatic carbocycles. The zero-order valence-corrected chi connectivity index (χ0v) is 13.5. The van der Waals surface area contributed by atoms with Crippen LogP contribution in [0, 0.1) is 5.41 Å². The lowest BCUT2D eigenvalue weighted by molar-refractivity contribution is -0.149. The first-order chi connectivity index (χ1) is 10.2. The third-order valence-electron chi connectivity index (χ3n) is 3.62. The quantitative estimate of drug-likeness (QED) is 0.748. The van der Waals surface area contributed by atoms with E-state index in [1.165, 1.54) is 0 Å². The van der Waals surface area contributed by atoms with E-state index in [0.717, 1.165) is 5.56 Å². The molecule has 22 heavy (non-hydrogen) atoms. The molecule has 0 saturated heterocycles. The third-order valence-corrected chi connectivity index (χ3v) is 3.62. The summed E-state index contributed by atoms with van der Waals surface area (Å²) in [5.41, 5.74) is -1.33. The van der Waals surface area contributed by atoms with Gasteiger partial charge < -0.3 is 20.5 Å². The topological polar surface area (TPSA) is 87.7 Å². The second-order valence-corrected chi connectivity index (χ2v) is 6.18. The van der Waals surface area contributed by atoms with Crippen LogP contribution in [-0.4, -0.2) is 36.3 Å². The highest BCUT2D eigenvalue weighted by Gasteiger charge is 2.50. The van der Waals surface area contributed by atoms with E-state index in [2.05, 4.69) is 10.6 Å². The highest BCUT2D eigenvalue weighted by molar-refractivity contribution is 5.85. The molecule has 0 bridgehead atoms. The van der Waals surface area contributed by atoms with Gasteiger partial charge in [-0.25, -0.2) is 9.59 Å². The molecule has 1 aromatic carbocycles. The Balaban J connectivity index is 2.81. The smallest absolute Gasteiger partial charge is 0.408 e. The first-order valence-electron chi connectivity index (χ1n) is 7.10. The molecule has 122 valence electrons. The van der Waals surface area contributed by atoms with Crippen molar-refractivity contribution in [3.63, 3.8) is 0 Å². The maximum absolute atomic E-state index is 12.0. The molecule has 0 heterocycles. The number of likely N-dealkylation sites (N-methyl/N-ethyl adjacent to an activating group) is 1. The fourth-order valence-corrected chi connectivity index (χ4v) is 2.15. The van der Waals surface area contributed by atoms with E-state index in [4.69, 9.17) is 4.74 Å². The molecule has 6 heteroatoms. The number of aliphatic carboxylic acids is 1. The molecule has 1 amide bonds. The van der Waals surface area contributed by atoms with Gasteiger partial charge in [-0.1, -0.05) is 51.1 Å². The minimum Gasteiger partial charge on any atom is -0.479 e. The molecule has 0 fully saturated rings. The van der Waals surface area contributed by atoms with E-state index in [-0.39, 0.29) is 13.2 Å². The van der Waals surface area contributed by atoms with Gasteiger partial charge in [0, 0.05) is 6.54 Å². The number of carbonyl (C=O) groups is 2. The summed E-state index contributed by atoms with van der Waals surface area (Å²) in [6.45, 7) is 5.46. The summed E-state index contributed by atoms with van der Waals surface area (Å²) in [6.07, 6.45) is -0.753. The summed E-state index contributed by atoms with van der Waals surface area (Å²) in [7, 11) is 1.64. The molecular formula is C16H24N2O4. The van der Waals surface area contributed by atoms with Gasteiger partial charge in [-0.3, -0.25) is 0 Å². The third kappa shape index (κ3) is 4.21. The molecule has 6 nitrogen and oxygen atoms in total. The average molecular weight is 308 g/mol. The summed E-state index contributed by atoms with van der Waals surface area (Å²) in [6, 6.07) is 9.21. The molecule has 0 radical (unpaired) electrons. The molecule has 0 saturated carbocycles. The van der Waals surface area contributed by atoms with Crippen molar-refractivity contribution in [2.75, 3.05) is 13.6 Å². The van der Waals surface area contributed by atoms with Gasteiger partial charge in [-0.2, -0.15) is 0 Å². The maximum Gasteiger partial charge on any atom is 0.408 e. The molecule has 1 atom stereocenters. The zero-order chi connectivity index (χ0) is 16.8. The molecule has 0 spiro atoms. The number of carboxylic acid groups (broad SMARTS) is 1. The van der Waals surface area contributed by atoms with Crippen LogP contribution in [0.5, 0.6) is 0 Å². The Morgan fingerprint density at radius 1 is 1.18 bits per heavy atom. The Kier molecular flexibility index (Phi) is 5.93. The van der Waals surface area contributed by atoms with Gasteiger partial charge >= 0.3 is 12.1 Å². The standard InChI is InChI=1S/C16H24N2O4/c1-15(2,3)16(11-17-4,13(19)20)18-14(21)22-10-12-8-6-5-7-9-12/h5-9,17H,10-11H2,1-4H3,(H,18,21)(H,19,20)/t16-/m0/s1. The Hall–Kier alpha value is -2.08. The Bertz CT molecular complexity index is 511. The van der Waals surface area contributed by atoms with Gasteiger partial charge in [0.25, 0.3) is 0 Å². The van der Waals surface area contributed by atoms with Crippen molar-refractivity contribution in [1.82, 2.24) is 10.6 Å². The number of rotatable bonds is 6. The van der Waals surface area contributed by atoms with E-state index in [9.17, 15) is 14.7 Å². The normalized spacial score (nSPS) is 14.0. The van der Waals surface area contributed by atoms with E-state index in [0.29, 0.717) is 0 Å². The van der Waals surface area contributed by atoms with Crippen molar-refractivity contribution in [2.24, 2.45) is 5.41 Å². The fraction of sp³-hybridized carbons (Fsp3) is 0.500. The second kappa shape index (κ2) is 7.26. The van der Waals surface area contributed by atoms with Crippen molar-refractivity contribution >= 4 is 12.1 Å². The number of benzene rings is 1. The number of ether oxygens (including phenoxy) is 1. The average Bonchev–Trinajstić information content (AvgIpc) is 2.44. The number of carbonyl (C=O) groups excluding carboxylic acids is 1. The molecule has 0 unspecified atom stereocenters. The van der Waals surface area contributed by atoms with Crippen molar-refractivity contribution < 1.29 is 19.4 Å². The second-order valence-electron chi connectivity index (χ2n) is 6.18. The van der Waals surface area contributed by atoms with Crippen LogP contribution < -0.4 is 10.6 Å². The lowest BCUT2D eigenvalue weighted by Crippen LogP contribution is -2.66. The van der Waals surface area contributed by atoms with E-state index < -0.39 is 23.0 Å². The number of alkyl carbamates (subject to hydrolysis) is 1. The number of carboxylic acids is 1. The molecule has 0 aliphatic heterocycles. The minimum atomic E-state index is -1.46. The SMILES string of the molecule is CNC[C@](NC(=O)OCc1ccccc1)(C(=O)O)C(C)(C)C. The van der Waals surface area contributed by atoms with Gasteiger partial charge in [0.2, 0.25) is 0 Å². The van der Waals surface area contributed by atoms with Crippen molar-refractivity contribution in [2.45, 2.75) is 32.9 Å². The van der Waals surface area contributed by atoms with Gasteiger partial charge in [-0.15, -0.1) is 0 Å². The summed E-state index contributed by atoms with van der Waals surface area (Å²) in [4.78, 5) is 23.8. The summed E-state index contributed by atoms with van der Waals surface area (Å²) >= 11 is 0. The lowest BCUT2D eigenvalue weighted by atomic mass is 9.73. The fourth-order valence-electron chi connectivity index (χ4n) is 2.15. The van der Waals surface area contributed by atoms with E-state index in [1.807, 2.05) is 30.3 Å². The highest BCUT2D eigenvalue weighted by atomic mass is 16.5. The summed E-state index contributed by atoms with van der Waals surface area (Å²) in [5, 5.41) is 15.0. The van der Waals surface area contributed by atoms with E-state index in [1.54, 1.807) is 27.8 Å². The van der Waals surface area contributed by atoms with E-state index >= 15 is 0 Å². The van der Waals surface area contributed by atoms with Crippen LogP contribution in [-0.2, 0) is 16.1 Å². The predicted molar refractivity (Wildman–Crippen MR) is 83.5 cm³/mol. The van der Waals surface area contributed by atoms with Crippen molar-refractivity contribution in [3.8, 4) is 0 Å². The first kappa shape index (κ1) is 18.0. The summed E-state index contributed by atoms with van der Waals surface area (Å²) < 4.78 is 5.13. The van der Waals surface area contributed by atoms with Gasteiger partial charge in [0.1, 0.15) is 6.61 Å². The monoisotopic (exact) mass is 308 g/mol. The largest absolute Gasteiger partial charge is 0.479 e. The number of nitrogens with one attached hydrogen (secondary N) is 2. The molecule has 3 N–H and O–H groups in total. The lowest BCUT2D eigenvalue weighted by Gasteiger charge is -2.41. The number of hydrogen-bond donors (Lipinski definition) is 3. The Morgan fingerprint density at radius 2 is 1.77 bits per heavy atom. The van der Waals surface area contributed by atoms with Gasteiger partial charge in [0.15, 0.2) is 5.54 Å². The van der Waals surface area contributed by atoms with Crippen LogP contribution in [0.4, 0.5) is 4.79 Å². The van der Waals surface area contributed by atoms with Crippen LogP contribution in [0.1, 0.15) is 26.3 Å². The number of hydrogen-bond acceptors (Lipinski definition) is 4. The molecule has 1 rings (SSSR count). The number of amides is 1. The Labute approximate surface area is 130 Å². The zero-order valence-electron chi connectivity index (χ0n) is 13.5. The Morgan fingerprint density at radius 3 is 2.23 bits per heavy atom. The van der Waals surface area contributed by atoms with Crippen LogP contribution in [0.25, 0.3) is 0 Å². The maximum atomic E-state index is 12.0. The van der Waals surface area contributed by atoms with Gasteiger partial charge in [-0.05, 0) is 18.0 Å². The highest BCUT2D eigenvalue weighted by Crippen LogP contribution is 2.30. The van der Waals surface area contributed by atoms with Crippen LogP contribution >= 0.6 is 0 Å². The van der Waals surface area contributed by atoms with Crippen LogP contribution in [0.2, 0.25) is 0 Å². The first-order valence-corrected chi connectivity index (χ1v) is 7.10. The van der Waals surface area contributed by atoms with Crippen molar-refractivity contribution in [3.05, 3.63) is 35.9 Å². The molecule has 0 aromatic heterocycles. The van der Waals surface area contributed by atoms with Crippen LogP contribution in [0.3, 0.4) is 0 Å². The molecular weight excluding hydrogens is 284 g/mol. The predicted octanol–water partition coefficient (Wildman–Crippen LogP) is 2.00. The van der Waals surface area contributed by atoms with Crippen LogP contribution in [0.15, 0.2) is 30.3 Å². The molecule has 0 aliphatic rings. The molecule has 1 aromatic rings. The summed E-state index contributed by atoms with van der Waals surface area (Å²) in [5.74, 6) is -1.11.